The second-order valence-electron chi connectivity index (χ2n) is 8.57. The molecular weight excluding hydrogens is 489 g/mol. The third-order valence-electron chi connectivity index (χ3n) is 6.54. The van der Waals surface area contributed by atoms with Crippen LogP contribution in [0.3, 0.4) is 0 Å². The fraction of sp³-hybridized carbons (Fsp3) is 0.696. The zero-order chi connectivity index (χ0) is 19.9. The van der Waals surface area contributed by atoms with Gasteiger partial charge in [-0.3, -0.25) is 9.89 Å². The second-order valence-corrected chi connectivity index (χ2v) is 8.57. The molecule has 0 saturated carbocycles. The van der Waals surface area contributed by atoms with Crippen LogP contribution in [0.2, 0.25) is 0 Å². The van der Waals surface area contributed by atoms with Crippen LogP contribution in [0.4, 0.5) is 0 Å². The van der Waals surface area contributed by atoms with Crippen LogP contribution >= 0.6 is 24.0 Å². The van der Waals surface area contributed by atoms with Gasteiger partial charge in [0, 0.05) is 39.8 Å². The molecule has 4 rings (SSSR count). The second kappa shape index (κ2) is 12.2. The van der Waals surface area contributed by atoms with E-state index in [0.29, 0.717) is 6.04 Å². The van der Waals surface area contributed by atoms with E-state index in [1.54, 1.807) is 0 Å². The molecule has 1 aromatic carbocycles. The van der Waals surface area contributed by atoms with Crippen molar-refractivity contribution in [2.24, 2.45) is 4.99 Å². The Hall–Kier alpha value is -0.900. The van der Waals surface area contributed by atoms with Crippen LogP contribution < -0.4 is 5.32 Å². The number of rotatable bonds is 7. The van der Waals surface area contributed by atoms with Crippen molar-refractivity contribution in [2.75, 3.05) is 59.5 Å². The van der Waals surface area contributed by atoms with Crippen LogP contribution in [0.1, 0.15) is 31.2 Å². The standard InChI is InChI=1S/C23H37N5O.HI/c1-24-23(25-11-5-6-12-26-13-7-8-14-26)28-18-21-22(19-28)29-16-15-27(21)17-20-9-3-2-4-10-20;/h2-4,9-10,21-22H,5-8,11-19H2,1H3,(H,24,25);1H. The summed E-state index contributed by atoms with van der Waals surface area (Å²) in [6.45, 7) is 9.60. The summed E-state index contributed by atoms with van der Waals surface area (Å²) in [5, 5.41) is 3.59. The summed E-state index contributed by atoms with van der Waals surface area (Å²) in [5.74, 6) is 1.03. The number of morpholine rings is 1. The predicted octanol–water partition coefficient (Wildman–Crippen LogP) is 2.64. The third kappa shape index (κ3) is 6.31. The highest BCUT2D eigenvalue weighted by atomic mass is 127. The Morgan fingerprint density at radius 1 is 1.10 bits per heavy atom. The van der Waals surface area contributed by atoms with E-state index in [0.717, 1.165) is 45.3 Å². The number of nitrogens with zero attached hydrogens (tertiary/aromatic N) is 4. The average Bonchev–Trinajstić information content (AvgIpc) is 3.42. The van der Waals surface area contributed by atoms with Crippen LogP contribution in [0.25, 0.3) is 0 Å². The van der Waals surface area contributed by atoms with Crippen molar-refractivity contribution in [2.45, 2.75) is 44.4 Å². The predicted molar refractivity (Wildman–Crippen MR) is 134 cm³/mol. The molecule has 0 aliphatic carbocycles. The number of likely N-dealkylation sites (tertiary alicyclic amines) is 2. The van der Waals surface area contributed by atoms with Crippen molar-refractivity contribution in [3.8, 4) is 0 Å². The highest BCUT2D eigenvalue weighted by Gasteiger charge is 2.41. The zero-order valence-electron chi connectivity index (χ0n) is 18.3. The minimum absolute atomic E-state index is 0. The van der Waals surface area contributed by atoms with E-state index < -0.39 is 0 Å². The summed E-state index contributed by atoms with van der Waals surface area (Å²) in [4.78, 5) is 12.1. The summed E-state index contributed by atoms with van der Waals surface area (Å²) in [5.41, 5.74) is 1.38. The van der Waals surface area contributed by atoms with E-state index in [9.17, 15) is 0 Å². The SMILES string of the molecule is CN=C(NCCCCN1CCCC1)N1CC2OCCN(Cc3ccccc3)C2C1.I. The number of halogens is 1. The molecule has 3 aliphatic rings. The zero-order valence-corrected chi connectivity index (χ0v) is 20.7. The Balaban J connectivity index is 0.00000256. The number of hydrogen-bond acceptors (Lipinski definition) is 4. The summed E-state index contributed by atoms with van der Waals surface area (Å²) in [7, 11) is 1.90. The Morgan fingerprint density at radius 3 is 2.67 bits per heavy atom. The number of aliphatic imine (C=N–C) groups is 1. The van der Waals surface area contributed by atoms with E-state index in [1.807, 2.05) is 7.05 Å². The molecule has 0 spiro atoms. The number of hydrogen-bond donors (Lipinski definition) is 1. The van der Waals surface area contributed by atoms with Crippen molar-refractivity contribution in [1.29, 1.82) is 0 Å². The lowest BCUT2D eigenvalue weighted by atomic mass is 10.1. The maximum atomic E-state index is 6.12. The maximum Gasteiger partial charge on any atom is 0.193 e. The van der Waals surface area contributed by atoms with Gasteiger partial charge in [-0.1, -0.05) is 30.3 Å². The normalized spacial score (nSPS) is 25.2. The van der Waals surface area contributed by atoms with Crippen LogP contribution in [0, 0.1) is 0 Å². The molecule has 0 aromatic heterocycles. The molecule has 2 unspecified atom stereocenters. The summed E-state index contributed by atoms with van der Waals surface area (Å²) in [6, 6.07) is 11.2. The Morgan fingerprint density at radius 2 is 1.90 bits per heavy atom. The molecule has 3 aliphatic heterocycles. The molecule has 0 bridgehead atoms. The highest BCUT2D eigenvalue weighted by molar-refractivity contribution is 14.0. The molecule has 1 N–H and O–H groups in total. The van der Waals surface area contributed by atoms with Gasteiger partial charge in [-0.15, -0.1) is 24.0 Å². The van der Waals surface area contributed by atoms with Gasteiger partial charge in [0.05, 0.1) is 18.8 Å². The molecule has 7 heteroatoms. The molecule has 0 amide bonds. The molecule has 2 atom stereocenters. The van der Waals surface area contributed by atoms with Gasteiger partial charge in [0.2, 0.25) is 0 Å². The highest BCUT2D eigenvalue weighted by Crippen LogP contribution is 2.24. The number of nitrogens with one attached hydrogen (secondary N) is 1. The van der Waals surface area contributed by atoms with Crippen molar-refractivity contribution in [3.63, 3.8) is 0 Å². The minimum atomic E-state index is 0. The van der Waals surface area contributed by atoms with Gasteiger partial charge >= 0.3 is 0 Å². The van der Waals surface area contributed by atoms with Crippen LogP contribution in [-0.2, 0) is 11.3 Å². The van der Waals surface area contributed by atoms with Gasteiger partial charge in [0.1, 0.15) is 0 Å². The van der Waals surface area contributed by atoms with Gasteiger partial charge in [-0.05, 0) is 50.9 Å². The molecule has 6 nitrogen and oxygen atoms in total. The van der Waals surface area contributed by atoms with E-state index in [1.165, 1.54) is 50.9 Å². The number of guanidine groups is 1. The van der Waals surface area contributed by atoms with Crippen LogP contribution in [0.5, 0.6) is 0 Å². The minimum Gasteiger partial charge on any atom is -0.373 e. The van der Waals surface area contributed by atoms with Gasteiger partial charge in [0.25, 0.3) is 0 Å². The molecule has 3 heterocycles. The van der Waals surface area contributed by atoms with Crippen molar-refractivity contribution in [3.05, 3.63) is 35.9 Å². The Kier molecular flexibility index (Phi) is 9.67. The lowest BCUT2D eigenvalue weighted by Gasteiger charge is -2.36. The van der Waals surface area contributed by atoms with Crippen molar-refractivity contribution in [1.82, 2.24) is 20.0 Å². The molecule has 168 valence electrons. The van der Waals surface area contributed by atoms with E-state index >= 15 is 0 Å². The number of ether oxygens (including phenoxy) is 1. The summed E-state index contributed by atoms with van der Waals surface area (Å²) >= 11 is 0. The molecule has 3 fully saturated rings. The van der Waals surface area contributed by atoms with E-state index in [-0.39, 0.29) is 30.1 Å². The average molecular weight is 527 g/mol. The first-order chi connectivity index (χ1) is 14.3. The maximum absolute atomic E-state index is 6.12. The van der Waals surface area contributed by atoms with Gasteiger partial charge in [0.15, 0.2) is 5.96 Å². The number of benzene rings is 1. The number of unbranched alkanes of at least 4 members (excludes halogenated alkanes) is 1. The van der Waals surface area contributed by atoms with E-state index in [2.05, 4.69) is 55.3 Å². The molecule has 1 aromatic rings. The van der Waals surface area contributed by atoms with Gasteiger partial charge in [-0.25, -0.2) is 0 Å². The first-order valence-electron chi connectivity index (χ1n) is 11.4. The van der Waals surface area contributed by atoms with Crippen molar-refractivity contribution >= 4 is 29.9 Å². The van der Waals surface area contributed by atoms with E-state index in [4.69, 9.17) is 4.74 Å². The fourth-order valence-corrected chi connectivity index (χ4v) is 4.94. The molecular formula is C23H38IN5O. The van der Waals surface area contributed by atoms with Crippen LogP contribution in [-0.4, -0.2) is 92.3 Å². The monoisotopic (exact) mass is 527 g/mol. The fourth-order valence-electron chi connectivity index (χ4n) is 4.94. The smallest absolute Gasteiger partial charge is 0.193 e. The molecule has 3 saturated heterocycles. The molecule has 30 heavy (non-hydrogen) atoms. The van der Waals surface area contributed by atoms with Gasteiger partial charge < -0.3 is 19.9 Å². The third-order valence-corrected chi connectivity index (χ3v) is 6.54. The Labute approximate surface area is 199 Å². The lowest BCUT2D eigenvalue weighted by Crippen LogP contribution is -2.50. The lowest BCUT2D eigenvalue weighted by molar-refractivity contribution is -0.0502. The largest absolute Gasteiger partial charge is 0.373 e. The molecule has 0 radical (unpaired) electrons. The van der Waals surface area contributed by atoms with Crippen LogP contribution in [0.15, 0.2) is 35.3 Å². The topological polar surface area (TPSA) is 43.3 Å². The number of fused-ring (bicyclic) bond motifs is 1. The summed E-state index contributed by atoms with van der Waals surface area (Å²) < 4.78 is 6.12. The first-order valence-corrected chi connectivity index (χ1v) is 11.4. The van der Waals surface area contributed by atoms with Crippen molar-refractivity contribution < 1.29 is 4.74 Å². The first kappa shape index (κ1) is 23.8. The Bertz CT molecular complexity index is 652. The quantitative estimate of drug-likeness (QED) is 0.256. The van der Waals surface area contributed by atoms with Gasteiger partial charge in [-0.2, -0.15) is 0 Å². The summed E-state index contributed by atoms with van der Waals surface area (Å²) in [6.07, 6.45) is 5.51.